The summed E-state index contributed by atoms with van der Waals surface area (Å²) in [7, 11) is 0. The molecular formula is C33H37NO4. The van der Waals surface area contributed by atoms with Gasteiger partial charge in [-0.3, -0.25) is 14.5 Å². The van der Waals surface area contributed by atoms with Gasteiger partial charge in [0.2, 0.25) is 0 Å². The average Bonchev–Trinajstić information content (AvgIpc) is 3.14. The van der Waals surface area contributed by atoms with Gasteiger partial charge in [0.15, 0.2) is 0 Å². The molecule has 1 atom stereocenters. The first-order chi connectivity index (χ1) is 17.9. The van der Waals surface area contributed by atoms with Gasteiger partial charge in [0, 0.05) is 11.3 Å². The fraction of sp³-hybridized carbons (Fsp3) is 0.333. The second-order valence-corrected chi connectivity index (χ2v) is 11.2. The molecule has 1 amide bonds. The monoisotopic (exact) mass is 511 g/mol. The number of ether oxygens (including phenoxy) is 1. The largest absolute Gasteiger partial charge is 0.507 e. The third kappa shape index (κ3) is 5.10. The molecule has 1 saturated heterocycles. The van der Waals surface area contributed by atoms with E-state index < -0.39 is 17.7 Å². The second kappa shape index (κ2) is 10.5. The highest BCUT2D eigenvalue weighted by Crippen LogP contribution is 2.43. The lowest BCUT2D eigenvalue weighted by atomic mass is 9.84. The summed E-state index contributed by atoms with van der Waals surface area (Å²) >= 11 is 0. The minimum Gasteiger partial charge on any atom is -0.507 e. The number of aryl methyl sites for hydroxylation is 1. The van der Waals surface area contributed by atoms with E-state index in [9.17, 15) is 14.7 Å². The summed E-state index contributed by atoms with van der Waals surface area (Å²) in [5, 5.41) is 11.7. The number of carbonyl (C=O) groups is 2. The molecule has 0 aromatic heterocycles. The highest BCUT2D eigenvalue weighted by molar-refractivity contribution is 6.51. The molecule has 0 saturated carbocycles. The fourth-order valence-corrected chi connectivity index (χ4v) is 4.86. The van der Waals surface area contributed by atoms with Crippen LogP contribution in [0.1, 0.15) is 81.3 Å². The van der Waals surface area contributed by atoms with E-state index in [0.29, 0.717) is 35.1 Å². The van der Waals surface area contributed by atoms with E-state index in [-0.39, 0.29) is 16.7 Å². The summed E-state index contributed by atoms with van der Waals surface area (Å²) in [6.45, 7) is 14.8. The van der Waals surface area contributed by atoms with Crippen molar-refractivity contribution in [2.75, 3.05) is 11.5 Å². The Hall–Kier alpha value is -3.86. The van der Waals surface area contributed by atoms with E-state index in [4.69, 9.17) is 4.74 Å². The standard InChI is InChI=1S/C33H37NO4/c1-8-38-26-11-9-10-23(18-26)29-28(30(35)27-19-24(33(5,6)7)15-12-21(27)4)31(36)32(37)34(29)25-16-13-22(14-17-25)20(2)3/h9-20,29,35H,8H2,1-7H3/b30-28+. The van der Waals surface area contributed by atoms with Gasteiger partial charge in [0.25, 0.3) is 11.7 Å². The number of carbonyl (C=O) groups excluding carboxylic acids is 2. The smallest absolute Gasteiger partial charge is 0.300 e. The van der Waals surface area contributed by atoms with Gasteiger partial charge in [-0.15, -0.1) is 0 Å². The number of Topliss-reactive ketones (excluding diaryl/α,β-unsaturated/α-hetero) is 1. The highest BCUT2D eigenvalue weighted by Gasteiger charge is 2.47. The molecule has 0 bridgehead atoms. The summed E-state index contributed by atoms with van der Waals surface area (Å²) in [5.41, 5.74) is 4.75. The SMILES string of the molecule is CCOc1cccc(C2/C(=C(\O)c3cc(C(C)(C)C)ccc3C)C(=O)C(=O)N2c2ccc(C(C)C)cc2)c1. The predicted molar refractivity (Wildman–Crippen MR) is 153 cm³/mol. The Morgan fingerprint density at radius 2 is 1.68 bits per heavy atom. The van der Waals surface area contributed by atoms with Gasteiger partial charge >= 0.3 is 0 Å². The van der Waals surface area contributed by atoms with E-state index in [2.05, 4.69) is 34.6 Å². The van der Waals surface area contributed by atoms with Crippen molar-refractivity contribution >= 4 is 23.1 Å². The minimum atomic E-state index is -0.807. The molecule has 4 rings (SSSR count). The summed E-state index contributed by atoms with van der Waals surface area (Å²) in [5.74, 6) is -0.573. The lowest BCUT2D eigenvalue weighted by Crippen LogP contribution is -2.29. The Morgan fingerprint density at radius 1 is 1.00 bits per heavy atom. The summed E-state index contributed by atoms with van der Waals surface area (Å²) in [6, 6.07) is 20.2. The van der Waals surface area contributed by atoms with Crippen molar-refractivity contribution < 1.29 is 19.4 Å². The third-order valence-corrected chi connectivity index (χ3v) is 7.13. The lowest BCUT2D eigenvalue weighted by molar-refractivity contribution is -0.132. The minimum absolute atomic E-state index is 0.0748. The van der Waals surface area contributed by atoms with Gasteiger partial charge in [0.1, 0.15) is 11.5 Å². The summed E-state index contributed by atoms with van der Waals surface area (Å²) in [6.07, 6.45) is 0. The topological polar surface area (TPSA) is 66.8 Å². The predicted octanol–water partition coefficient (Wildman–Crippen LogP) is 7.44. The molecular weight excluding hydrogens is 474 g/mol. The molecule has 0 spiro atoms. The number of nitrogens with zero attached hydrogens (tertiary/aromatic N) is 1. The molecule has 1 aliphatic heterocycles. The Labute approximate surface area is 225 Å². The molecule has 5 heteroatoms. The van der Waals surface area contributed by atoms with E-state index in [1.807, 2.05) is 80.6 Å². The molecule has 3 aromatic carbocycles. The van der Waals surface area contributed by atoms with Gasteiger partial charge in [-0.2, -0.15) is 0 Å². The van der Waals surface area contributed by atoms with Crippen LogP contribution >= 0.6 is 0 Å². The normalized spacial score (nSPS) is 17.4. The molecule has 0 radical (unpaired) electrons. The molecule has 5 nitrogen and oxygen atoms in total. The molecule has 0 aliphatic carbocycles. The quantitative estimate of drug-likeness (QED) is 0.212. The fourth-order valence-electron chi connectivity index (χ4n) is 4.86. The maximum absolute atomic E-state index is 13.6. The van der Waals surface area contributed by atoms with Crippen LogP contribution in [0.25, 0.3) is 5.76 Å². The van der Waals surface area contributed by atoms with Crippen molar-refractivity contribution in [3.05, 3.63) is 100 Å². The molecule has 38 heavy (non-hydrogen) atoms. The maximum Gasteiger partial charge on any atom is 0.300 e. The Morgan fingerprint density at radius 3 is 2.29 bits per heavy atom. The zero-order valence-corrected chi connectivity index (χ0v) is 23.3. The first-order valence-electron chi connectivity index (χ1n) is 13.2. The van der Waals surface area contributed by atoms with Crippen molar-refractivity contribution in [3.8, 4) is 5.75 Å². The molecule has 1 N–H and O–H groups in total. The first-order valence-corrected chi connectivity index (χ1v) is 13.2. The van der Waals surface area contributed by atoms with Crippen LogP contribution < -0.4 is 9.64 Å². The van der Waals surface area contributed by atoms with E-state index in [1.165, 1.54) is 4.90 Å². The average molecular weight is 512 g/mol. The van der Waals surface area contributed by atoms with Gasteiger partial charge in [-0.05, 0) is 77.8 Å². The molecule has 3 aromatic rings. The Balaban J connectivity index is 1.96. The van der Waals surface area contributed by atoms with Crippen LogP contribution in [-0.2, 0) is 15.0 Å². The third-order valence-electron chi connectivity index (χ3n) is 7.13. The van der Waals surface area contributed by atoms with Crippen LogP contribution in [-0.4, -0.2) is 23.4 Å². The molecule has 1 aliphatic rings. The summed E-state index contributed by atoms with van der Waals surface area (Å²) < 4.78 is 5.73. The maximum atomic E-state index is 13.6. The molecule has 1 unspecified atom stereocenters. The van der Waals surface area contributed by atoms with Gasteiger partial charge in [0.05, 0.1) is 18.2 Å². The van der Waals surface area contributed by atoms with Crippen molar-refractivity contribution in [1.29, 1.82) is 0 Å². The first kappa shape index (κ1) is 27.2. The highest BCUT2D eigenvalue weighted by atomic mass is 16.5. The number of hydrogen-bond donors (Lipinski definition) is 1. The van der Waals surface area contributed by atoms with Gasteiger partial charge in [-0.25, -0.2) is 0 Å². The van der Waals surface area contributed by atoms with Crippen LogP contribution in [0.4, 0.5) is 5.69 Å². The van der Waals surface area contributed by atoms with E-state index in [0.717, 1.165) is 16.7 Å². The Bertz CT molecular complexity index is 1390. The van der Waals surface area contributed by atoms with Crippen molar-refractivity contribution in [3.63, 3.8) is 0 Å². The zero-order chi connectivity index (χ0) is 27.8. The lowest BCUT2D eigenvalue weighted by Gasteiger charge is -2.26. The van der Waals surface area contributed by atoms with Crippen molar-refractivity contribution in [2.24, 2.45) is 0 Å². The second-order valence-electron chi connectivity index (χ2n) is 11.2. The number of rotatable bonds is 6. The van der Waals surface area contributed by atoms with Crippen LogP contribution in [0.3, 0.4) is 0 Å². The van der Waals surface area contributed by atoms with Crippen LogP contribution in [0.5, 0.6) is 5.75 Å². The number of benzene rings is 3. The number of amides is 1. The van der Waals surface area contributed by atoms with Crippen LogP contribution in [0.15, 0.2) is 72.3 Å². The van der Waals surface area contributed by atoms with Crippen LogP contribution in [0.2, 0.25) is 0 Å². The molecule has 1 fully saturated rings. The van der Waals surface area contributed by atoms with Crippen molar-refractivity contribution in [1.82, 2.24) is 0 Å². The number of aliphatic hydroxyl groups excluding tert-OH is 1. The summed E-state index contributed by atoms with van der Waals surface area (Å²) in [4.78, 5) is 28.7. The van der Waals surface area contributed by atoms with E-state index in [1.54, 1.807) is 0 Å². The van der Waals surface area contributed by atoms with E-state index >= 15 is 0 Å². The van der Waals surface area contributed by atoms with Gasteiger partial charge in [-0.1, -0.05) is 71.0 Å². The van der Waals surface area contributed by atoms with Crippen molar-refractivity contribution in [2.45, 2.75) is 65.8 Å². The number of aliphatic hydroxyl groups is 1. The van der Waals surface area contributed by atoms with Crippen LogP contribution in [0, 0.1) is 6.92 Å². The number of hydrogen-bond acceptors (Lipinski definition) is 4. The number of anilines is 1. The molecule has 1 heterocycles. The number of ketones is 1. The van der Waals surface area contributed by atoms with Gasteiger partial charge < -0.3 is 9.84 Å². The molecule has 198 valence electrons. The zero-order valence-electron chi connectivity index (χ0n) is 23.3. The Kier molecular flexibility index (Phi) is 7.50.